The molecule has 0 bridgehead atoms. The van der Waals surface area contributed by atoms with E-state index in [1.54, 1.807) is 12.1 Å². The van der Waals surface area contributed by atoms with Gasteiger partial charge in [0.25, 0.3) is 0 Å². The average Bonchev–Trinajstić information content (AvgIpc) is 2.73. The zero-order chi connectivity index (χ0) is 19.5. The Labute approximate surface area is 165 Å². The van der Waals surface area contributed by atoms with Crippen LogP contribution in [-0.4, -0.2) is 10.2 Å². The van der Waals surface area contributed by atoms with Crippen molar-refractivity contribution in [3.8, 4) is 22.6 Å². The van der Waals surface area contributed by atoms with Crippen molar-refractivity contribution in [3.05, 3.63) is 103 Å². The molecule has 2 heteroatoms. The van der Waals surface area contributed by atoms with Crippen molar-refractivity contribution in [3.63, 3.8) is 0 Å². The zero-order valence-corrected chi connectivity index (χ0v) is 15.7. The summed E-state index contributed by atoms with van der Waals surface area (Å²) in [5.74, 6) is 0.427. The molecule has 4 aromatic carbocycles. The van der Waals surface area contributed by atoms with Gasteiger partial charge in [-0.15, -0.1) is 0 Å². The number of rotatable bonds is 5. The Hall–Kier alpha value is -3.26. The van der Waals surface area contributed by atoms with Gasteiger partial charge in [-0.1, -0.05) is 73.7 Å². The van der Waals surface area contributed by atoms with Crippen LogP contribution in [0.5, 0.6) is 11.5 Å². The van der Waals surface area contributed by atoms with Gasteiger partial charge < -0.3 is 10.2 Å². The topological polar surface area (TPSA) is 40.5 Å². The molecular weight excluding hydrogens is 344 g/mol. The highest BCUT2D eigenvalue weighted by molar-refractivity contribution is 5.93. The number of fused-ring (bicyclic) bond motifs is 1. The highest BCUT2D eigenvalue weighted by Gasteiger charge is 2.18. The van der Waals surface area contributed by atoms with E-state index in [1.807, 2.05) is 18.2 Å². The first-order chi connectivity index (χ1) is 13.7. The zero-order valence-electron chi connectivity index (χ0n) is 15.7. The maximum absolute atomic E-state index is 10.5. The summed E-state index contributed by atoms with van der Waals surface area (Å²) in [5.41, 5.74) is 4.18. The Morgan fingerprint density at radius 2 is 1.46 bits per heavy atom. The minimum atomic E-state index is 0.0588. The Morgan fingerprint density at radius 1 is 0.750 bits per heavy atom. The first kappa shape index (κ1) is 18.1. The highest BCUT2D eigenvalue weighted by atomic mass is 16.3. The molecule has 2 nitrogen and oxygen atoms in total. The van der Waals surface area contributed by atoms with Gasteiger partial charge in [0.05, 0.1) is 0 Å². The third kappa shape index (κ3) is 3.46. The Bertz CT molecular complexity index is 1100. The molecule has 0 saturated carbocycles. The van der Waals surface area contributed by atoms with Gasteiger partial charge in [-0.05, 0) is 58.4 Å². The van der Waals surface area contributed by atoms with Crippen LogP contribution in [0.25, 0.3) is 21.9 Å². The molecule has 1 unspecified atom stereocenters. The van der Waals surface area contributed by atoms with Gasteiger partial charge in [0.15, 0.2) is 0 Å². The lowest BCUT2D eigenvalue weighted by molar-refractivity contribution is 0.452. The van der Waals surface area contributed by atoms with Crippen molar-refractivity contribution in [1.29, 1.82) is 0 Å². The minimum absolute atomic E-state index is 0.0588. The second-order valence-corrected chi connectivity index (χ2v) is 7.11. The lowest BCUT2D eigenvalue weighted by atomic mass is 9.84. The van der Waals surface area contributed by atoms with Gasteiger partial charge in [-0.3, -0.25) is 0 Å². The van der Waals surface area contributed by atoms with Gasteiger partial charge in [-0.2, -0.15) is 0 Å². The molecule has 0 spiro atoms. The molecule has 0 aliphatic carbocycles. The maximum Gasteiger partial charge on any atom is 0.127 e. The van der Waals surface area contributed by atoms with Crippen molar-refractivity contribution >= 4 is 10.8 Å². The van der Waals surface area contributed by atoms with E-state index < -0.39 is 0 Å². The average molecular weight is 367 g/mol. The second kappa shape index (κ2) is 7.77. The van der Waals surface area contributed by atoms with Gasteiger partial charge in [0, 0.05) is 11.6 Å². The highest BCUT2D eigenvalue weighted by Crippen LogP contribution is 2.39. The minimum Gasteiger partial charge on any atom is -0.508 e. The summed E-state index contributed by atoms with van der Waals surface area (Å²) in [5, 5.41) is 22.5. The Morgan fingerprint density at radius 3 is 2.21 bits per heavy atom. The number of hydrogen-bond donors (Lipinski definition) is 2. The molecule has 1 radical (unpaired) electrons. The van der Waals surface area contributed by atoms with Crippen LogP contribution >= 0.6 is 0 Å². The third-order valence-electron chi connectivity index (χ3n) is 5.38. The molecule has 0 heterocycles. The van der Waals surface area contributed by atoms with Crippen LogP contribution in [0.3, 0.4) is 0 Å². The smallest absolute Gasteiger partial charge is 0.127 e. The van der Waals surface area contributed by atoms with Crippen LogP contribution in [-0.2, 0) is 6.42 Å². The number of hydrogen-bond acceptors (Lipinski definition) is 2. The van der Waals surface area contributed by atoms with E-state index in [1.165, 1.54) is 28.0 Å². The van der Waals surface area contributed by atoms with E-state index in [0.29, 0.717) is 0 Å². The molecule has 139 valence electrons. The normalized spacial score (nSPS) is 12.2. The van der Waals surface area contributed by atoms with E-state index >= 15 is 0 Å². The lowest BCUT2D eigenvalue weighted by Gasteiger charge is -2.20. The fourth-order valence-electron chi connectivity index (χ4n) is 3.91. The van der Waals surface area contributed by atoms with Crippen LogP contribution in [0.15, 0.2) is 84.9 Å². The van der Waals surface area contributed by atoms with Gasteiger partial charge in [-0.25, -0.2) is 0 Å². The Balaban J connectivity index is 1.89. The van der Waals surface area contributed by atoms with Crippen LogP contribution in [0, 0.1) is 6.92 Å². The lowest BCUT2D eigenvalue weighted by Crippen LogP contribution is -2.04. The van der Waals surface area contributed by atoms with Crippen LogP contribution in [0.1, 0.15) is 23.5 Å². The summed E-state index contributed by atoms with van der Waals surface area (Å²) in [6, 6.07) is 27.7. The fourth-order valence-corrected chi connectivity index (χ4v) is 3.91. The molecular formula is C26H23O2. The van der Waals surface area contributed by atoms with Crippen LogP contribution in [0.4, 0.5) is 0 Å². The van der Waals surface area contributed by atoms with Gasteiger partial charge in [0.1, 0.15) is 11.5 Å². The first-order valence-corrected chi connectivity index (χ1v) is 9.54. The number of aromatic hydroxyl groups is 2. The predicted molar refractivity (Wildman–Crippen MR) is 116 cm³/mol. The second-order valence-electron chi connectivity index (χ2n) is 7.11. The van der Waals surface area contributed by atoms with E-state index in [0.717, 1.165) is 24.0 Å². The number of phenolic OH excluding ortho intramolecular Hbond substituents is 2. The number of benzene rings is 4. The van der Waals surface area contributed by atoms with Crippen molar-refractivity contribution < 1.29 is 10.2 Å². The van der Waals surface area contributed by atoms with Crippen molar-refractivity contribution in [2.24, 2.45) is 0 Å². The summed E-state index contributed by atoms with van der Waals surface area (Å²) in [7, 11) is 0. The molecule has 0 amide bonds. The molecule has 0 fully saturated rings. The third-order valence-corrected chi connectivity index (χ3v) is 5.38. The standard InChI is InChI=1S/C26H23O2/c1-2-18(19-8-4-3-5-9-19)16-25-22-11-7-6-10-20(22)12-14-23(25)24-15-13-21(27)17-26(24)28/h3-15,17-18,27-28H,1-2,16H2. The summed E-state index contributed by atoms with van der Waals surface area (Å²) >= 11 is 0. The summed E-state index contributed by atoms with van der Waals surface area (Å²) < 4.78 is 0. The van der Waals surface area contributed by atoms with E-state index in [4.69, 9.17) is 0 Å². The van der Waals surface area contributed by atoms with E-state index in [9.17, 15) is 10.2 Å². The van der Waals surface area contributed by atoms with E-state index in [-0.39, 0.29) is 17.4 Å². The first-order valence-electron chi connectivity index (χ1n) is 9.54. The molecule has 0 aliphatic rings. The fraction of sp³-hybridized carbons (Fsp3) is 0.115. The SMILES string of the molecule is [CH2]CC(Cc1c(-c2ccc(O)cc2O)ccc2ccccc12)c1ccccc1. The van der Waals surface area contributed by atoms with Crippen LogP contribution < -0.4 is 0 Å². The summed E-state index contributed by atoms with van der Waals surface area (Å²) in [6.45, 7) is 4.19. The molecule has 0 aromatic heterocycles. The summed E-state index contributed by atoms with van der Waals surface area (Å²) in [4.78, 5) is 0. The van der Waals surface area contributed by atoms with E-state index in [2.05, 4.69) is 55.5 Å². The van der Waals surface area contributed by atoms with Crippen molar-refractivity contribution in [2.45, 2.75) is 18.8 Å². The summed E-state index contributed by atoms with van der Waals surface area (Å²) in [6.07, 6.45) is 1.61. The Kier molecular flexibility index (Phi) is 5.03. The van der Waals surface area contributed by atoms with Gasteiger partial charge >= 0.3 is 0 Å². The van der Waals surface area contributed by atoms with Crippen molar-refractivity contribution in [2.75, 3.05) is 0 Å². The monoisotopic (exact) mass is 367 g/mol. The molecule has 28 heavy (non-hydrogen) atoms. The quantitative estimate of drug-likeness (QED) is 0.424. The molecule has 0 saturated heterocycles. The predicted octanol–water partition coefficient (Wildman–Crippen LogP) is 6.47. The van der Waals surface area contributed by atoms with Crippen molar-refractivity contribution in [1.82, 2.24) is 0 Å². The van der Waals surface area contributed by atoms with Gasteiger partial charge in [0.2, 0.25) is 0 Å². The molecule has 0 aliphatic heterocycles. The molecule has 4 rings (SSSR count). The molecule has 2 N–H and O–H groups in total. The molecule has 4 aromatic rings. The largest absolute Gasteiger partial charge is 0.508 e. The molecule has 1 atom stereocenters. The maximum atomic E-state index is 10.5. The van der Waals surface area contributed by atoms with Crippen LogP contribution in [0.2, 0.25) is 0 Å². The number of phenols is 2.